The van der Waals surface area contributed by atoms with Gasteiger partial charge in [-0.25, -0.2) is 0 Å². The Kier molecular flexibility index (Phi) is 4.77. The fourth-order valence-electron chi connectivity index (χ4n) is 2.03. The van der Waals surface area contributed by atoms with Gasteiger partial charge in [0.25, 0.3) is 0 Å². The molecule has 1 aliphatic rings. The Bertz CT molecular complexity index is 260. The van der Waals surface area contributed by atoms with Crippen LogP contribution in [-0.4, -0.2) is 24.1 Å². The van der Waals surface area contributed by atoms with Crippen molar-refractivity contribution < 1.29 is 19.1 Å². The van der Waals surface area contributed by atoms with Gasteiger partial charge in [0.1, 0.15) is 6.10 Å². The summed E-state index contributed by atoms with van der Waals surface area (Å²) in [5.41, 5.74) is 0. The van der Waals surface area contributed by atoms with Gasteiger partial charge in [0.15, 0.2) is 0 Å². The third-order valence-electron chi connectivity index (χ3n) is 2.64. The Morgan fingerprint density at radius 2 is 1.94 bits per heavy atom. The first-order valence-electron chi connectivity index (χ1n) is 5.86. The van der Waals surface area contributed by atoms with Crippen LogP contribution in [0.2, 0.25) is 0 Å². The van der Waals surface area contributed by atoms with E-state index in [2.05, 4.69) is 0 Å². The van der Waals surface area contributed by atoms with Crippen molar-refractivity contribution >= 4 is 11.9 Å². The highest BCUT2D eigenvalue weighted by Crippen LogP contribution is 2.27. The van der Waals surface area contributed by atoms with Crippen molar-refractivity contribution in [3.63, 3.8) is 0 Å². The average Bonchev–Trinajstić information content (AvgIpc) is 2.16. The molecule has 0 aromatic carbocycles. The van der Waals surface area contributed by atoms with Gasteiger partial charge in [0, 0.05) is 6.92 Å². The summed E-state index contributed by atoms with van der Waals surface area (Å²) in [6.45, 7) is 5.07. The summed E-state index contributed by atoms with van der Waals surface area (Å²) in [5.74, 6) is -0.546. The third kappa shape index (κ3) is 4.21. The second kappa shape index (κ2) is 5.87. The van der Waals surface area contributed by atoms with Gasteiger partial charge in [-0.1, -0.05) is 0 Å². The van der Waals surface area contributed by atoms with Gasteiger partial charge in [-0.2, -0.15) is 0 Å². The largest absolute Gasteiger partial charge is 0.463 e. The second-order valence-electron chi connectivity index (χ2n) is 4.58. The second-order valence-corrected chi connectivity index (χ2v) is 4.58. The minimum Gasteiger partial charge on any atom is -0.463 e. The topological polar surface area (TPSA) is 52.6 Å². The van der Waals surface area contributed by atoms with Gasteiger partial charge >= 0.3 is 11.9 Å². The van der Waals surface area contributed by atoms with Crippen LogP contribution in [0, 0.1) is 5.92 Å². The van der Waals surface area contributed by atoms with Crippen molar-refractivity contribution in [1.82, 2.24) is 0 Å². The molecule has 0 bridgehead atoms. The van der Waals surface area contributed by atoms with Gasteiger partial charge in [0.2, 0.25) is 0 Å². The first-order chi connectivity index (χ1) is 7.49. The average molecular weight is 228 g/mol. The van der Waals surface area contributed by atoms with Crippen molar-refractivity contribution in [3.8, 4) is 0 Å². The summed E-state index contributed by atoms with van der Waals surface area (Å²) in [6, 6.07) is 0. The quantitative estimate of drug-likeness (QED) is 0.694. The Balaban J connectivity index is 2.43. The zero-order valence-electron chi connectivity index (χ0n) is 10.2. The highest BCUT2D eigenvalue weighted by Gasteiger charge is 2.30. The van der Waals surface area contributed by atoms with E-state index in [9.17, 15) is 9.59 Å². The molecule has 16 heavy (non-hydrogen) atoms. The van der Waals surface area contributed by atoms with Crippen LogP contribution in [0.5, 0.6) is 0 Å². The van der Waals surface area contributed by atoms with E-state index >= 15 is 0 Å². The Morgan fingerprint density at radius 1 is 1.25 bits per heavy atom. The van der Waals surface area contributed by atoms with E-state index in [1.54, 1.807) is 0 Å². The lowest BCUT2D eigenvalue weighted by atomic mass is 9.87. The van der Waals surface area contributed by atoms with Gasteiger partial charge in [-0.15, -0.1) is 0 Å². The molecule has 1 saturated carbocycles. The minimum absolute atomic E-state index is 0.0819. The van der Waals surface area contributed by atoms with E-state index in [1.807, 2.05) is 13.8 Å². The molecule has 92 valence electrons. The first-order valence-corrected chi connectivity index (χ1v) is 5.86. The summed E-state index contributed by atoms with van der Waals surface area (Å²) in [5, 5.41) is 0. The highest BCUT2D eigenvalue weighted by molar-refractivity contribution is 5.73. The zero-order chi connectivity index (χ0) is 12.1. The van der Waals surface area contributed by atoms with Crippen molar-refractivity contribution in [2.24, 2.45) is 5.92 Å². The van der Waals surface area contributed by atoms with E-state index < -0.39 is 0 Å². The molecule has 0 aromatic rings. The van der Waals surface area contributed by atoms with E-state index in [0.717, 1.165) is 19.3 Å². The molecule has 1 aliphatic carbocycles. The molecule has 0 N–H and O–H groups in total. The predicted octanol–water partition coefficient (Wildman–Crippen LogP) is 2.06. The maximum Gasteiger partial charge on any atom is 0.309 e. The highest BCUT2D eigenvalue weighted by atomic mass is 16.5. The standard InChI is InChI=1S/C12H20O4/c1-8(2)15-12(14)10-5-4-6-11(7-10)16-9(3)13/h8,10-11H,4-7H2,1-3H3/t10-,11+/m1/s1. The Hall–Kier alpha value is -1.06. The molecule has 0 aliphatic heterocycles. The van der Waals surface area contributed by atoms with Crippen LogP contribution in [0.3, 0.4) is 0 Å². The van der Waals surface area contributed by atoms with Crippen molar-refractivity contribution in [3.05, 3.63) is 0 Å². The lowest BCUT2D eigenvalue weighted by Crippen LogP contribution is -2.31. The van der Waals surface area contributed by atoms with Crippen LogP contribution in [0.1, 0.15) is 46.5 Å². The molecule has 0 radical (unpaired) electrons. The molecule has 0 heterocycles. The monoisotopic (exact) mass is 228 g/mol. The molecular formula is C12H20O4. The number of esters is 2. The molecule has 0 amide bonds. The summed E-state index contributed by atoms with van der Waals surface area (Å²) in [4.78, 5) is 22.5. The summed E-state index contributed by atoms with van der Waals surface area (Å²) in [7, 11) is 0. The van der Waals surface area contributed by atoms with Crippen molar-refractivity contribution in [2.45, 2.75) is 58.7 Å². The number of carbonyl (C=O) groups is 2. The lowest BCUT2D eigenvalue weighted by Gasteiger charge is -2.27. The molecule has 4 heteroatoms. The molecule has 2 atom stereocenters. The molecule has 1 rings (SSSR count). The summed E-state index contributed by atoms with van der Waals surface area (Å²) in [6.07, 6.45) is 3.01. The number of hydrogen-bond donors (Lipinski definition) is 0. The van der Waals surface area contributed by atoms with E-state index in [0.29, 0.717) is 6.42 Å². The summed E-state index contributed by atoms with van der Waals surface area (Å²) >= 11 is 0. The van der Waals surface area contributed by atoms with Crippen LogP contribution in [-0.2, 0) is 19.1 Å². The maximum absolute atomic E-state index is 11.7. The summed E-state index contributed by atoms with van der Waals surface area (Å²) < 4.78 is 10.3. The van der Waals surface area contributed by atoms with E-state index in [-0.39, 0.29) is 30.1 Å². The van der Waals surface area contributed by atoms with Gasteiger partial charge in [-0.05, 0) is 39.5 Å². The number of carbonyl (C=O) groups excluding carboxylic acids is 2. The minimum atomic E-state index is -0.275. The number of ether oxygens (including phenoxy) is 2. The number of rotatable bonds is 3. The van der Waals surface area contributed by atoms with Crippen LogP contribution >= 0.6 is 0 Å². The molecule has 4 nitrogen and oxygen atoms in total. The fraction of sp³-hybridized carbons (Fsp3) is 0.833. The zero-order valence-corrected chi connectivity index (χ0v) is 10.2. The molecule has 0 aromatic heterocycles. The normalized spacial score (nSPS) is 25.2. The number of hydrogen-bond acceptors (Lipinski definition) is 4. The molecule has 0 unspecified atom stereocenters. The first kappa shape index (κ1) is 13.0. The van der Waals surface area contributed by atoms with Crippen molar-refractivity contribution in [1.29, 1.82) is 0 Å². The molecule has 0 spiro atoms. The predicted molar refractivity (Wildman–Crippen MR) is 58.7 cm³/mol. The maximum atomic E-state index is 11.7. The van der Waals surface area contributed by atoms with Gasteiger partial charge < -0.3 is 9.47 Å². The smallest absolute Gasteiger partial charge is 0.309 e. The fourth-order valence-corrected chi connectivity index (χ4v) is 2.03. The van der Waals surface area contributed by atoms with E-state index in [4.69, 9.17) is 9.47 Å². The third-order valence-corrected chi connectivity index (χ3v) is 2.64. The molecule has 0 saturated heterocycles. The molecular weight excluding hydrogens is 208 g/mol. The van der Waals surface area contributed by atoms with Crippen LogP contribution in [0.25, 0.3) is 0 Å². The SMILES string of the molecule is CC(=O)O[C@H]1CCC[C@@H](C(=O)OC(C)C)C1. The Morgan fingerprint density at radius 3 is 2.50 bits per heavy atom. The molecule has 1 fully saturated rings. The van der Waals surface area contributed by atoms with Gasteiger partial charge in [-0.3, -0.25) is 9.59 Å². The van der Waals surface area contributed by atoms with E-state index in [1.165, 1.54) is 6.92 Å². The van der Waals surface area contributed by atoms with Crippen LogP contribution in [0.15, 0.2) is 0 Å². The Labute approximate surface area is 96.3 Å². The van der Waals surface area contributed by atoms with Gasteiger partial charge in [0.05, 0.1) is 12.0 Å². The van der Waals surface area contributed by atoms with Crippen LogP contribution < -0.4 is 0 Å². The lowest BCUT2D eigenvalue weighted by molar-refractivity contribution is -0.159. The van der Waals surface area contributed by atoms with Crippen molar-refractivity contribution in [2.75, 3.05) is 0 Å². The van der Waals surface area contributed by atoms with Crippen LogP contribution in [0.4, 0.5) is 0 Å².